The molecule has 1 aliphatic heterocycles. The second kappa shape index (κ2) is 5.75. The van der Waals surface area contributed by atoms with Gasteiger partial charge in [0.15, 0.2) is 0 Å². The molecule has 1 unspecified atom stereocenters. The average Bonchev–Trinajstić information content (AvgIpc) is 2.37. The second-order valence-electron chi connectivity index (χ2n) is 4.18. The minimum absolute atomic E-state index is 0.150. The summed E-state index contributed by atoms with van der Waals surface area (Å²) in [5, 5.41) is 2.64. The van der Waals surface area contributed by atoms with Crippen molar-refractivity contribution in [1.82, 2.24) is 0 Å². The Labute approximate surface area is 107 Å². The van der Waals surface area contributed by atoms with Crippen LogP contribution in [0.2, 0.25) is 0 Å². The standard InChI is InChI=1S/C12H13F4NO2/c13-10-2-1-8(12(14,15)16)5-11(10)17-6-9-3-4-18-7-19-9/h1-2,5,9,17H,3-4,6-7H2. The fourth-order valence-electron chi connectivity index (χ4n) is 1.72. The SMILES string of the molecule is Fc1ccc(C(F)(F)F)cc1NCC1CCOCO1. The van der Waals surface area contributed by atoms with E-state index in [2.05, 4.69) is 5.32 Å². The second-order valence-corrected chi connectivity index (χ2v) is 4.18. The van der Waals surface area contributed by atoms with Crippen LogP contribution in [0.1, 0.15) is 12.0 Å². The van der Waals surface area contributed by atoms with E-state index in [4.69, 9.17) is 9.47 Å². The summed E-state index contributed by atoms with van der Waals surface area (Å²) in [5.74, 6) is -0.722. The summed E-state index contributed by atoms with van der Waals surface area (Å²) in [7, 11) is 0. The molecule has 0 spiro atoms. The van der Waals surface area contributed by atoms with E-state index in [1.165, 1.54) is 0 Å². The molecule has 0 bridgehead atoms. The molecule has 1 aliphatic rings. The third kappa shape index (κ3) is 3.81. The Bertz CT molecular complexity index is 430. The Morgan fingerprint density at radius 1 is 1.32 bits per heavy atom. The van der Waals surface area contributed by atoms with Gasteiger partial charge in [0.25, 0.3) is 0 Å². The monoisotopic (exact) mass is 279 g/mol. The van der Waals surface area contributed by atoms with Gasteiger partial charge in [0.1, 0.15) is 12.6 Å². The van der Waals surface area contributed by atoms with E-state index in [-0.39, 0.29) is 25.1 Å². The molecule has 2 rings (SSSR count). The van der Waals surface area contributed by atoms with E-state index in [0.717, 1.165) is 12.1 Å². The van der Waals surface area contributed by atoms with E-state index in [1.54, 1.807) is 0 Å². The molecule has 1 atom stereocenters. The van der Waals surface area contributed by atoms with Gasteiger partial charge in [-0.3, -0.25) is 0 Å². The maximum absolute atomic E-state index is 13.4. The first-order chi connectivity index (χ1) is 8.97. The lowest BCUT2D eigenvalue weighted by Crippen LogP contribution is -2.30. The number of ether oxygens (including phenoxy) is 2. The highest BCUT2D eigenvalue weighted by Crippen LogP contribution is 2.31. The van der Waals surface area contributed by atoms with Crippen LogP contribution in [0.15, 0.2) is 18.2 Å². The first-order valence-corrected chi connectivity index (χ1v) is 5.77. The molecule has 106 valence electrons. The number of nitrogens with one attached hydrogen (secondary N) is 1. The minimum Gasteiger partial charge on any atom is -0.380 e. The molecule has 1 fully saturated rings. The van der Waals surface area contributed by atoms with E-state index in [1.807, 2.05) is 0 Å². The van der Waals surface area contributed by atoms with E-state index in [0.29, 0.717) is 19.1 Å². The quantitative estimate of drug-likeness (QED) is 0.863. The van der Waals surface area contributed by atoms with Gasteiger partial charge in [-0.05, 0) is 24.6 Å². The third-order valence-corrected chi connectivity index (χ3v) is 2.79. The first kappa shape index (κ1) is 14.1. The third-order valence-electron chi connectivity index (χ3n) is 2.79. The van der Waals surface area contributed by atoms with Crippen molar-refractivity contribution in [2.45, 2.75) is 18.7 Å². The Kier molecular flexibility index (Phi) is 4.26. The summed E-state index contributed by atoms with van der Waals surface area (Å²) in [5.41, 5.74) is -1.06. The summed E-state index contributed by atoms with van der Waals surface area (Å²) >= 11 is 0. The van der Waals surface area contributed by atoms with Crippen LogP contribution in [0, 0.1) is 5.82 Å². The van der Waals surface area contributed by atoms with Crippen LogP contribution in [0.5, 0.6) is 0 Å². The van der Waals surface area contributed by atoms with Crippen molar-refractivity contribution in [1.29, 1.82) is 0 Å². The van der Waals surface area contributed by atoms with Crippen LogP contribution in [0.3, 0.4) is 0 Å². The van der Waals surface area contributed by atoms with Crippen LogP contribution >= 0.6 is 0 Å². The average molecular weight is 279 g/mol. The molecule has 0 amide bonds. The lowest BCUT2D eigenvalue weighted by molar-refractivity contribution is -0.137. The van der Waals surface area contributed by atoms with Crippen molar-refractivity contribution < 1.29 is 27.0 Å². The highest BCUT2D eigenvalue weighted by atomic mass is 19.4. The Balaban J connectivity index is 2.02. The van der Waals surface area contributed by atoms with Crippen molar-refractivity contribution in [2.75, 3.05) is 25.3 Å². The zero-order valence-electron chi connectivity index (χ0n) is 9.97. The maximum Gasteiger partial charge on any atom is 0.416 e. The van der Waals surface area contributed by atoms with Gasteiger partial charge in [0, 0.05) is 6.54 Å². The molecule has 3 nitrogen and oxygen atoms in total. The molecule has 1 aromatic rings. The van der Waals surface area contributed by atoms with Crippen LogP contribution in [0.4, 0.5) is 23.2 Å². The lowest BCUT2D eigenvalue weighted by Gasteiger charge is -2.23. The molecule has 7 heteroatoms. The van der Waals surface area contributed by atoms with Crippen molar-refractivity contribution in [2.24, 2.45) is 0 Å². The van der Waals surface area contributed by atoms with Gasteiger partial charge in [-0.25, -0.2) is 4.39 Å². The molecule has 19 heavy (non-hydrogen) atoms. The fraction of sp³-hybridized carbons (Fsp3) is 0.500. The zero-order valence-corrected chi connectivity index (χ0v) is 9.97. The van der Waals surface area contributed by atoms with Crippen molar-refractivity contribution >= 4 is 5.69 Å². The summed E-state index contributed by atoms with van der Waals surface area (Å²) in [6.45, 7) is 0.913. The topological polar surface area (TPSA) is 30.5 Å². The molecule has 0 aromatic heterocycles. The number of halogens is 4. The molecule has 0 aliphatic carbocycles. The van der Waals surface area contributed by atoms with Gasteiger partial charge in [0.2, 0.25) is 0 Å². The minimum atomic E-state index is -4.49. The van der Waals surface area contributed by atoms with Gasteiger partial charge < -0.3 is 14.8 Å². The maximum atomic E-state index is 13.4. The van der Waals surface area contributed by atoms with Crippen LogP contribution < -0.4 is 5.32 Å². The summed E-state index contributed by atoms with van der Waals surface area (Å²) in [4.78, 5) is 0. The van der Waals surface area contributed by atoms with Crippen LogP contribution in [-0.4, -0.2) is 26.0 Å². The fourth-order valence-corrected chi connectivity index (χ4v) is 1.72. The Hall–Kier alpha value is -1.34. The molecular weight excluding hydrogens is 266 g/mol. The van der Waals surface area contributed by atoms with Crippen LogP contribution in [-0.2, 0) is 15.7 Å². The number of hydrogen-bond acceptors (Lipinski definition) is 3. The number of anilines is 1. The smallest absolute Gasteiger partial charge is 0.380 e. The molecule has 1 N–H and O–H groups in total. The molecule has 0 saturated carbocycles. The largest absolute Gasteiger partial charge is 0.416 e. The van der Waals surface area contributed by atoms with E-state index < -0.39 is 17.6 Å². The van der Waals surface area contributed by atoms with E-state index >= 15 is 0 Å². The zero-order chi connectivity index (χ0) is 13.9. The number of hydrogen-bond donors (Lipinski definition) is 1. The number of benzene rings is 1. The molecule has 0 radical (unpaired) electrons. The highest BCUT2D eigenvalue weighted by Gasteiger charge is 2.31. The predicted molar refractivity (Wildman–Crippen MR) is 60.2 cm³/mol. The normalized spacial score (nSPS) is 20.3. The molecule has 1 heterocycles. The molecule has 1 saturated heterocycles. The van der Waals surface area contributed by atoms with Gasteiger partial charge >= 0.3 is 6.18 Å². The summed E-state index contributed by atoms with van der Waals surface area (Å²) in [6.07, 6.45) is -4.06. The summed E-state index contributed by atoms with van der Waals surface area (Å²) in [6, 6.07) is 2.27. The van der Waals surface area contributed by atoms with Gasteiger partial charge in [-0.2, -0.15) is 13.2 Å². The Morgan fingerprint density at radius 3 is 2.74 bits per heavy atom. The van der Waals surface area contributed by atoms with Gasteiger partial charge in [-0.1, -0.05) is 0 Å². The van der Waals surface area contributed by atoms with Crippen molar-refractivity contribution in [3.05, 3.63) is 29.6 Å². The number of alkyl halides is 3. The molecule has 1 aromatic carbocycles. The first-order valence-electron chi connectivity index (χ1n) is 5.77. The highest BCUT2D eigenvalue weighted by molar-refractivity contribution is 5.48. The Morgan fingerprint density at radius 2 is 2.11 bits per heavy atom. The molecular formula is C12H13F4NO2. The van der Waals surface area contributed by atoms with Crippen molar-refractivity contribution in [3.63, 3.8) is 0 Å². The number of rotatable bonds is 3. The van der Waals surface area contributed by atoms with E-state index in [9.17, 15) is 17.6 Å². The summed E-state index contributed by atoms with van der Waals surface area (Å²) < 4.78 is 61.1. The van der Waals surface area contributed by atoms with Crippen molar-refractivity contribution in [3.8, 4) is 0 Å². The predicted octanol–water partition coefficient (Wildman–Crippen LogP) is 3.02. The lowest BCUT2D eigenvalue weighted by atomic mass is 10.1. The van der Waals surface area contributed by atoms with Gasteiger partial charge in [-0.15, -0.1) is 0 Å². The van der Waals surface area contributed by atoms with Gasteiger partial charge in [0.05, 0.1) is 24.0 Å². The van der Waals surface area contributed by atoms with Crippen LogP contribution in [0.25, 0.3) is 0 Å².